The molecule has 0 bridgehead atoms. The van der Waals surface area contributed by atoms with Crippen LogP contribution in [0.1, 0.15) is 27.2 Å². The molecule has 0 aliphatic rings. The van der Waals surface area contributed by atoms with Gasteiger partial charge in [0.05, 0.1) is 6.33 Å². The predicted molar refractivity (Wildman–Crippen MR) is 107 cm³/mol. The van der Waals surface area contributed by atoms with Gasteiger partial charge in [-0.05, 0) is 16.7 Å². The highest BCUT2D eigenvalue weighted by Crippen LogP contribution is 2.40. The van der Waals surface area contributed by atoms with Gasteiger partial charge in [-0.3, -0.25) is 4.79 Å². The lowest BCUT2D eigenvalue weighted by Crippen LogP contribution is -2.37. The van der Waals surface area contributed by atoms with Crippen molar-refractivity contribution in [2.75, 3.05) is 6.67 Å². The Hall–Kier alpha value is -3.53. The molecule has 0 radical (unpaired) electrons. The van der Waals surface area contributed by atoms with Crippen molar-refractivity contribution in [3.05, 3.63) is 126 Å². The number of hydrogen-bond acceptors (Lipinski definition) is 2. The largest absolute Gasteiger partial charge is 0.318 e. The van der Waals surface area contributed by atoms with Crippen LogP contribution in [-0.4, -0.2) is 22.0 Å². The van der Waals surface area contributed by atoms with Crippen LogP contribution in [0.4, 0.5) is 4.39 Å². The smallest absolute Gasteiger partial charge is 0.213 e. The van der Waals surface area contributed by atoms with Crippen molar-refractivity contribution in [1.29, 1.82) is 0 Å². The van der Waals surface area contributed by atoms with Crippen molar-refractivity contribution >= 4 is 5.78 Å². The van der Waals surface area contributed by atoms with Crippen molar-refractivity contribution in [3.63, 3.8) is 0 Å². The average molecular weight is 370 g/mol. The number of benzene rings is 3. The van der Waals surface area contributed by atoms with Crippen molar-refractivity contribution in [2.45, 2.75) is 5.54 Å². The second kappa shape index (κ2) is 7.61. The van der Waals surface area contributed by atoms with E-state index in [1.165, 1.54) is 0 Å². The molecular formula is C24H19FN2O. The third kappa shape index (κ3) is 2.93. The number of carbonyl (C=O) groups is 1. The first-order chi connectivity index (χ1) is 13.8. The molecule has 3 aromatic carbocycles. The highest BCUT2D eigenvalue weighted by Gasteiger charge is 2.38. The molecule has 0 unspecified atom stereocenters. The lowest BCUT2D eigenvalue weighted by Gasteiger charge is -2.37. The topological polar surface area (TPSA) is 34.9 Å². The summed E-state index contributed by atoms with van der Waals surface area (Å²) in [5.74, 6) is -0.623. The highest BCUT2D eigenvalue weighted by molar-refractivity contribution is 5.95. The maximum Gasteiger partial charge on any atom is 0.213 e. The zero-order valence-corrected chi connectivity index (χ0v) is 15.2. The third-order valence-corrected chi connectivity index (χ3v) is 4.95. The van der Waals surface area contributed by atoms with Crippen LogP contribution in [0.2, 0.25) is 0 Å². The van der Waals surface area contributed by atoms with E-state index >= 15 is 0 Å². The summed E-state index contributed by atoms with van der Waals surface area (Å²) in [6.45, 7) is -1.06. The quantitative estimate of drug-likeness (QED) is 0.358. The molecule has 28 heavy (non-hydrogen) atoms. The summed E-state index contributed by atoms with van der Waals surface area (Å²) >= 11 is 0. The van der Waals surface area contributed by atoms with E-state index in [9.17, 15) is 9.18 Å². The minimum Gasteiger partial charge on any atom is -0.318 e. The fourth-order valence-electron chi connectivity index (χ4n) is 3.70. The van der Waals surface area contributed by atoms with Gasteiger partial charge in [0.2, 0.25) is 5.78 Å². The Bertz CT molecular complexity index is 963. The van der Waals surface area contributed by atoms with Gasteiger partial charge in [0.15, 0.2) is 6.67 Å². The molecule has 0 aliphatic carbocycles. The van der Waals surface area contributed by atoms with Crippen LogP contribution in [0.5, 0.6) is 0 Å². The van der Waals surface area contributed by atoms with Gasteiger partial charge in [0.1, 0.15) is 11.2 Å². The first-order valence-electron chi connectivity index (χ1n) is 9.07. The van der Waals surface area contributed by atoms with Crippen molar-refractivity contribution < 1.29 is 9.18 Å². The van der Waals surface area contributed by atoms with E-state index in [0.717, 1.165) is 16.7 Å². The van der Waals surface area contributed by atoms with Crippen LogP contribution in [0, 0.1) is 0 Å². The lowest BCUT2D eigenvalue weighted by molar-refractivity contribution is 0.0954. The Kier molecular flexibility index (Phi) is 4.85. The number of halogens is 1. The number of rotatable bonds is 6. The minimum atomic E-state index is -1.06. The summed E-state index contributed by atoms with van der Waals surface area (Å²) in [5, 5.41) is 0. The Morgan fingerprint density at radius 2 is 1.21 bits per heavy atom. The molecule has 0 fully saturated rings. The molecule has 4 heteroatoms. The SMILES string of the molecule is O=C(CF)c1cn(C(c2ccccc2)(c2ccccc2)c2ccccc2)cn1. The van der Waals surface area contributed by atoms with Gasteiger partial charge in [-0.2, -0.15) is 0 Å². The Labute approximate surface area is 163 Å². The number of carbonyl (C=O) groups excluding carboxylic acids is 1. The normalized spacial score (nSPS) is 11.3. The number of aromatic nitrogens is 2. The van der Waals surface area contributed by atoms with Crippen LogP contribution >= 0.6 is 0 Å². The van der Waals surface area contributed by atoms with Crippen molar-refractivity contribution in [2.24, 2.45) is 0 Å². The number of ketones is 1. The number of hydrogen-bond donors (Lipinski definition) is 0. The molecule has 0 atom stereocenters. The van der Waals surface area contributed by atoms with Gasteiger partial charge >= 0.3 is 0 Å². The number of nitrogens with zero attached hydrogens (tertiary/aromatic N) is 2. The van der Waals surface area contributed by atoms with Crippen LogP contribution < -0.4 is 0 Å². The van der Waals surface area contributed by atoms with Crippen molar-refractivity contribution in [3.8, 4) is 0 Å². The molecule has 0 spiro atoms. The molecule has 4 rings (SSSR count). The second-order valence-electron chi connectivity index (χ2n) is 6.53. The number of imidazole rings is 1. The molecule has 1 heterocycles. The van der Waals surface area contributed by atoms with E-state index in [1.54, 1.807) is 12.5 Å². The van der Waals surface area contributed by atoms with E-state index in [1.807, 2.05) is 59.2 Å². The van der Waals surface area contributed by atoms with Gasteiger partial charge in [-0.25, -0.2) is 9.37 Å². The van der Waals surface area contributed by atoms with E-state index in [2.05, 4.69) is 41.4 Å². The molecule has 0 N–H and O–H groups in total. The number of alkyl halides is 1. The van der Waals surface area contributed by atoms with Crippen LogP contribution in [-0.2, 0) is 5.54 Å². The third-order valence-electron chi connectivity index (χ3n) is 4.95. The summed E-state index contributed by atoms with van der Waals surface area (Å²) in [4.78, 5) is 16.1. The maximum absolute atomic E-state index is 12.9. The Morgan fingerprint density at radius 1 is 0.786 bits per heavy atom. The second-order valence-corrected chi connectivity index (χ2v) is 6.53. The molecular weight excluding hydrogens is 351 g/mol. The summed E-state index contributed by atoms with van der Waals surface area (Å²) in [5.41, 5.74) is 2.43. The minimum absolute atomic E-state index is 0.120. The van der Waals surface area contributed by atoms with Gasteiger partial charge in [-0.15, -0.1) is 0 Å². The van der Waals surface area contributed by atoms with E-state index in [-0.39, 0.29) is 5.69 Å². The molecule has 3 nitrogen and oxygen atoms in total. The van der Waals surface area contributed by atoms with Gasteiger partial charge in [-0.1, -0.05) is 91.0 Å². The highest BCUT2D eigenvalue weighted by atomic mass is 19.1. The molecule has 0 saturated heterocycles. The van der Waals surface area contributed by atoms with E-state index in [0.29, 0.717) is 0 Å². The lowest BCUT2D eigenvalue weighted by atomic mass is 9.77. The Morgan fingerprint density at radius 3 is 1.61 bits per heavy atom. The van der Waals surface area contributed by atoms with Gasteiger partial charge in [0.25, 0.3) is 0 Å². The van der Waals surface area contributed by atoms with E-state index < -0.39 is 18.0 Å². The first-order valence-corrected chi connectivity index (χ1v) is 9.07. The van der Waals surface area contributed by atoms with Crippen LogP contribution in [0.15, 0.2) is 104 Å². The summed E-state index contributed by atoms with van der Waals surface area (Å²) in [6.07, 6.45) is 3.24. The maximum atomic E-state index is 12.9. The van der Waals surface area contributed by atoms with Crippen LogP contribution in [0.25, 0.3) is 0 Å². The molecule has 0 aliphatic heterocycles. The summed E-state index contributed by atoms with van der Waals surface area (Å²) in [6, 6.07) is 30.1. The van der Waals surface area contributed by atoms with Gasteiger partial charge in [0, 0.05) is 6.20 Å². The number of Topliss-reactive ketones (excluding diaryl/α,β-unsaturated/α-hetero) is 1. The molecule has 0 saturated carbocycles. The average Bonchev–Trinajstić information content (AvgIpc) is 3.26. The van der Waals surface area contributed by atoms with E-state index in [4.69, 9.17) is 0 Å². The standard InChI is InChI=1S/C24H19FN2O/c25-16-23(28)22-17-27(18-26-22)24(19-10-4-1-5-11-19,20-12-6-2-7-13-20)21-14-8-3-9-15-21/h1-15,17-18H,16H2. The zero-order chi connectivity index (χ0) is 19.4. The summed E-state index contributed by atoms with van der Waals surface area (Å²) in [7, 11) is 0. The molecule has 0 amide bonds. The van der Waals surface area contributed by atoms with Gasteiger partial charge < -0.3 is 4.57 Å². The monoisotopic (exact) mass is 370 g/mol. The Balaban J connectivity index is 2.07. The zero-order valence-electron chi connectivity index (χ0n) is 15.2. The molecule has 138 valence electrons. The predicted octanol–water partition coefficient (Wildman–Crippen LogP) is 4.88. The molecule has 1 aromatic heterocycles. The summed E-state index contributed by atoms with van der Waals surface area (Å²) < 4.78 is 14.8. The molecule has 4 aromatic rings. The van der Waals surface area contributed by atoms with Crippen LogP contribution in [0.3, 0.4) is 0 Å². The van der Waals surface area contributed by atoms with Crippen molar-refractivity contribution in [1.82, 2.24) is 9.55 Å². The fourth-order valence-corrected chi connectivity index (χ4v) is 3.70. The fraction of sp³-hybridized carbons (Fsp3) is 0.0833. The first kappa shape index (κ1) is 17.9.